The fourth-order valence-corrected chi connectivity index (χ4v) is 6.15. The molecule has 2 saturated carbocycles. The molecule has 7 heteroatoms. The van der Waals surface area contributed by atoms with E-state index in [9.17, 15) is 19.5 Å². The average Bonchev–Trinajstić information content (AvgIpc) is 3.39. The minimum atomic E-state index is -0.740. The zero-order valence-electron chi connectivity index (χ0n) is 21.9. The van der Waals surface area contributed by atoms with Crippen molar-refractivity contribution in [1.82, 2.24) is 9.78 Å². The summed E-state index contributed by atoms with van der Waals surface area (Å²) in [7, 11) is 0. The van der Waals surface area contributed by atoms with Gasteiger partial charge in [0, 0.05) is 5.69 Å². The van der Waals surface area contributed by atoms with Crippen LogP contribution in [0.2, 0.25) is 0 Å². The molecule has 2 fully saturated rings. The molecule has 0 spiro atoms. The Hall–Kier alpha value is -4.13. The van der Waals surface area contributed by atoms with Crippen molar-refractivity contribution in [3.05, 3.63) is 99.8 Å². The Bertz CT molecular complexity index is 1570. The van der Waals surface area contributed by atoms with Crippen LogP contribution in [0.5, 0.6) is 0 Å². The number of hydrogen-bond donors (Lipinski definition) is 3. The van der Waals surface area contributed by atoms with Gasteiger partial charge in [0.1, 0.15) is 0 Å². The topological polar surface area (TPSA) is 104 Å². The van der Waals surface area contributed by atoms with Crippen LogP contribution in [0, 0.1) is 11.3 Å². The predicted octanol–water partition coefficient (Wildman–Crippen LogP) is 5.70. The Morgan fingerprint density at radius 1 is 0.974 bits per heavy atom. The summed E-state index contributed by atoms with van der Waals surface area (Å²) >= 11 is 0. The second-order valence-corrected chi connectivity index (χ2v) is 11.3. The molecule has 3 aromatic carbocycles. The number of nitrogens with zero attached hydrogens (tertiary/aromatic N) is 1. The summed E-state index contributed by atoms with van der Waals surface area (Å²) in [6, 6.07) is 23.1. The molecule has 3 N–H and O–H groups in total. The molecule has 1 aromatic heterocycles. The molecule has 0 saturated heterocycles. The molecule has 1 unspecified atom stereocenters. The fraction of sp³-hybridized carbons (Fsp3) is 0.344. The number of carbonyl (C=O) groups excluding carboxylic acids is 1. The predicted molar refractivity (Wildman–Crippen MR) is 151 cm³/mol. The highest BCUT2D eigenvalue weighted by atomic mass is 16.4. The summed E-state index contributed by atoms with van der Waals surface area (Å²) in [5.41, 5.74) is 3.73. The van der Waals surface area contributed by atoms with Gasteiger partial charge in [-0.05, 0) is 79.0 Å². The molecule has 1 heterocycles. The molecule has 7 nitrogen and oxygen atoms in total. The lowest BCUT2D eigenvalue weighted by molar-refractivity contribution is -0.143. The number of rotatable bonds is 9. The second-order valence-electron chi connectivity index (χ2n) is 11.3. The van der Waals surface area contributed by atoms with E-state index in [-0.39, 0.29) is 23.3 Å². The van der Waals surface area contributed by atoms with E-state index in [4.69, 9.17) is 0 Å². The number of aromatic nitrogens is 2. The molecular formula is C32H33N3O4. The number of para-hydroxylation sites is 1. The van der Waals surface area contributed by atoms with Crippen LogP contribution >= 0.6 is 0 Å². The molecular weight excluding hydrogens is 490 g/mol. The van der Waals surface area contributed by atoms with E-state index < -0.39 is 11.4 Å². The van der Waals surface area contributed by atoms with Crippen LogP contribution in [-0.2, 0) is 22.6 Å². The van der Waals surface area contributed by atoms with Crippen LogP contribution in [-0.4, -0.2) is 26.8 Å². The van der Waals surface area contributed by atoms with Crippen molar-refractivity contribution < 1.29 is 14.7 Å². The summed E-state index contributed by atoms with van der Waals surface area (Å²) in [5.74, 6) is -0.763. The van der Waals surface area contributed by atoms with Crippen LogP contribution in [0.25, 0.3) is 10.9 Å². The highest BCUT2D eigenvalue weighted by Crippen LogP contribution is 2.48. The first kappa shape index (κ1) is 25.2. The third-order valence-corrected chi connectivity index (χ3v) is 8.54. The van der Waals surface area contributed by atoms with E-state index in [1.165, 1.54) is 0 Å². The molecule has 4 aromatic rings. The summed E-state index contributed by atoms with van der Waals surface area (Å²) in [6.45, 7) is 0.429. The third kappa shape index (κ3) is 5.13. The number of H-pyrrole nitrogens is 1. The van der Waals surface area contributed by atoms with Gasteiger partial charge in [0.15, 0.2) is 0 Å². The van der Waals surface area contributed by atoms with Gasteiger partial charge in [-0.3, -0.25) is 19.5 Å². The molecule has 0 aliphatic heterocycles. The van der Waals surface area contributed by atoms with Gasteiger partial charge in [0.25, 0.3) is 5.56 Å². The SMILES string of the molecule is O=C(Nc1cccc(CC2(C(=O)O)CC2)c1)C(c1ccc(Cn2[nH]c3ccccc3c2=O)cc1)C1CCCC1. The maximum Gasteiger partial charge on any atom is 0.309 e. The molecule has 1 atom stereocenters. The van der Waals surface area contributed by atoms with Crippen molar-refractivity contribution >= 4 is 28.5 Å². The van der Waals surface area contributed by atoms with Gasteiger partial charge in [-0.25, -0.2) is 4.68 Å². The largest absolute Gasteiger partial charge is 0.481 e. The number of hydrogen-bond acceptors (Lipinski definition) is 3. The number of anilines is 1. The Labute approximate surface area is 226 Å². The average molecular weight is 524 g/mol. The standard InChI is InChI=1S/C32H33N3O4/c36-29(33-25-9-5-6-22(18-25)19-32(16-17-32)31(38)39)28(23-7-1-2-8-23)24-14-12-21(13-15-24)20-35-30(37)26-10-3-4-11-27(26)34-35/h3-6,9-15,18,23,28,34H,1-2,7-8,16-17,19-20H2,(H,33,36)(H,38,39). The first-order valence-electron chi connectivity index (χ1n) is 13.8. The minimum Gasteiger partial charge on any atom is -0.481 e. The maximum atomic E-state index is 13.7. The molecule has 200 valence electrons. The smallest absolute Gasteiger partial charge is 0.309 e. The van der Waals surface area contributed by atoms with Crippen LogP contribution in [0.15, 0.2) is 77.6 Å². The van der Waals surface area contributed by atoms with Gasteiger partial charge in [0.05, 0.1) is 28.8 Å². The quantitative estimate of drug-likeness (QED) is 0.262. The van der Waals surface area contributed by atoms with E-state index in [1.807, 2.05) is 72.8 Å². The second kappa shape index (κ2) is 10.2. The summed E-state index contributed by atoms with van der Waals surface area (Å²) in [5, 5.41) is 16.5. The number of benzene rings is 3. The number of carboxylic acids is 1. The Balaban J connectivity index is 1.20. The van der Waals surface area contributed by atoms with E-state index in [1.54, 1.807) is 4.68 Å². The van der Waals surface area contributed by atoms with Gasteiger partial charge in [-0.1, -0.05) is 61.4 Å². The molecule has 2 aliphatic carbocycles. The van der Waals surface area contributed by atoms with Gasteiger partial charge in [0.2, 0.25) is 5.91 Å². The number of nitrogens with one attached hydrogen (secondary N) is 2. The summed E-state index contributed by atoms with van der Waals surface area (Å²) in [4.78, 5) is 38.1. The minimum absolute atomic E-state index is 0.0296. The molecule has 6 rings (SSSR count). The van der Waals surface area contributed by atoms with Crippen LogP contribution in [0.4, 0.5) is 5.69 Å². The third-order valence-electron chi connectivity index (χ3n) is 8.54. The number of carbonyl (C=O) groups is 2. The number of fused-ring (bicyclic) bond motifs is 1. The molecule has 0 radical (unpaired) electrons. The molecule has 0 bridgehead atoms. The van der Waals surface area contributed by atoms with Crippen molar-refractivity contribution in [3.8, 4) is 0 Å². The van der Waals surface area contributed by atoms with E-state index in [2.05, 4.69) is 10.4 Å². The number of carboxylic acid groups (broad SMARTS) is 1. The normalized spacial score (nSPS) is 17.2. The van der Waals surface area contributed by atoms with Crippen LogP contribution < -0.4 is 10.9 Å². The first-order valence-corrected chi connectivity index (χ1v) is 13.8. The lowest BCUT2D eigenvalue weighted by Crippen LogP contribution is -2.26. The van der Waals surface area contributed by atoms with Crippen molar-refractivity contribution in [2.24, 2.45) is 11.3 Å². The lowest BCUT2D eigenvalue weighted by Gasteiger charge is -2.24. The van der Waals surface area contributed by atoms with Crippen LogP contribution in [0.1, 0.15) is 61.1 Å². The van der Waals surface area contributed by atoms with E-state index >= 15 is 0 Å². The van der Waals surface area contributed by atoms with Gasteiger partial charge in [-0.2, -0.15) is 0 Å². The number of aromatic amines is 1. The maximum absolute atomic E-state index is 13.7. The first-order chi connectivity index (χ1) is 18.9. The number of amides is 1. The highest BCUT2D eigenvalue weighted by Gasteiger charge is 2.50. The Morgan fingerprint density at radius 2 is 1.72 bits per heavy atom. The molecule has 1 amide bonds. The van der Waals surface area contributed by atoms with Crippen LogP contribution in [0.3, 0.4) is 0 Å². The monoisotopic (exact) mass is 523 g/mol. The Kier molecular flexibility index (Phi) is 6.59. The molecule has 39 heavy (non-hydrogen) atoms. The van der Waals surface area contributed by atoms with E-state index in [0.29, 0.717) is 36.9 Å². The van der Waals surface area contributed by atoms with Crippen molar-refractivity contribution in [1.29, 1.82) is 0 Å². The van der Waals surface area contributed by atoms with Crippen molar-refractivity contribution in [2.75, 3.05) is 5.32 Å². The van der Waals surface area contributed by atoms with Gasteiger partial charge >= 0.3 is 5.97 Å². The van der Waals surface area contributed by atoms with Crippen molar-refractivity contribution in [2.45, 2.75) is 57.4 Å². The van der Waals surface area contributed by atoms with E-state index in [0.717, 1.165) is 47.9 Å². The summed E-state index contributed by atoms with van der Waals surface area (Å²) in [6.07, 6.45) is 6.18. The zero-order chi connectivity index (χ0) is 27.0. The highest BCUT2D eigenvalue weighted by molar-refractivity contribution is 5.96. The lowest BCUT2D eigenvalue weighted by atomic mass is 9.83. The fourth-order valence-electron chi connectivity index (χ4n) is 6.15. The van der Waals surface area contributed by atoms with Gasteiger partial charge < -0.3 is 10.4 Å². The Morgan fingerprint density at radius 3 is 2.41 bits per heavy atom. The molecule has 2 aliphatic rings. The zero-order valence-corrected chi connectivity index (χ0v) is 21.9. The number of aliphatic carboxylic acids is 1. The summed E-state index contributed by atoms with van der Waals surface area (Å²) < 4.78 is 1.62. The van der Waals surface area contributed by atoms with Gasteiger partial charge in [-0.15, -0.1) is 0 Å². The van der Waals surface area contributed by atoms with Crippen molar-refractivity contribution in [3.63, 3.8) is 0 Å².